The molecule has 1 heterocycles. The molecule has 1 aromatic heterocycles. The van der Waals surface area contributed by atoms with Crippen LogP contribution in [-0.2, 0) is 4.79 Å². The predicted octanol–water partition coefficient (Wildman–Crippen LogP) is 0.755. The minimum Gasteiger partial charge on any atom is -0.382 e. The highest BCUT2D eigenvalue weighted by Gasteiger charge is 2.22. The van der Waals surface area contributed by atoms with Crippen LogP contribution >= 0.6 is 11.3 Å². The first-order chi connectivity index (χ1) is 9.53. The van der Waals surface area contributed by atoms with E-state index in [-0.39, 0.29) is 24.2 Å². The summed E-state index contributed by atoms with van der Waals surface area (Å²) < 4.78 is 0. The van der Waals surface area contributed by atoms with Crippen molar-refractivity contribution in [2.24, 2.45) is 0 Å². The summed E-state index contributed by atoms with van der Waals surface area (Å²) in [5.74, 6) is -0.249. The molecule has 20 heavy (non-hydrogen) atoms. The van der Waals surface area contributed by atoms with Gasteiger partial charge in [-0.25, -0.2) is 4.98 Å². The largest absolute Gasteiger partial charge is 0.382 e. The van der Waals surface area contributed by atoms with Crippen LogP contribution in [0, 0.1) is 0 Å². The third kappa shape index (κ3) is 4.09. The molecule has 0 fully saturated rings. The zero-order valence-electron chi connectivity index (χ0n) is 12.0. The summed E-state index contributed by atoms with van der Waals surface area (Å²) in [4.78, 5) is 29.9. The monoisotopic (exact) mass is 299 g/mol. The fraction of sp³-hybridized carbons (Fsp3) is 0.583. The molecule has 112 valence electrons. The molecule has 0 aliphatic rings. The zero-order chi connectivity index (χ0) is 15.1. The van der Waals surface area contributed by atoms with Crippen LogP contribution in [0.2, 0.25) is 0 Å². The van der Waals surface area contributed by atoms with E-state index < -0.39 is 0 Å². The third-order valence-electron chi connectivity index (χ3n) is 2.55. The number of carbonyl (C=O) groups is 2. The van der Waals surface area contributed by atoms with E-state index in [1.165, 1.54) is 16.2 Å². The van der Waals surface area contributed by atoms with Crippen LogP contribution in [-0.4, -0.2) is 47.9 Å². The van der Waals surface area contributed by atoms with E-state index >= 15 is 0 Å². The van der Waals surface area contributed by atoms with Gasteiger partial charge in [-0.05, 0) is 20.8 Å². The van der Waals surface area contributed by atoms with E-state index in [1.54, 1.807) is 0 Å². The molecule has 0 saturated heterocycles. The molecule has 0 spiro atoms. The second-order valence-electron chi connectivity index (χ2n) is 4.04. The lowest BCUT2D eigenvalue weighted by atomic mass is 10.3. The second kappa shape index (κ2) is 7.68. The number of carbonyl (C=O) groups excluding carboxylic acids is 2. The van der Waals surface area contributed by atoms with Crippen molar-refractivity contribution < 1.29 is 9.59 Å². The summed E-state index contributed by atoms with van der Waals surface area (Å²) in [5.41, 5.74) is 5.77. The average molecular weight is 299 g/mol. The van der Waals surface area contributed by atoms with Gasteiger partial charge in [0.25, 0.3) is 5.91 Å². The van der Waals surface area contributed by atoms with Crippen molar-refractivity contribution in [2.45, 2.75) is 20.8 Å². The fourth-order valence-electron chi connectivity index (χ4n) is 1.61. The van der Waals surface area contributed by atoms with Crippen LogP contribution in [0.25, 0.3) is 0 Å². The van der Waals surface area contributed by atoms with Gasteiger partial charge < -0.3 is 21.3 Å². The van der Waals surface area contributed by atoms with Crippen molar-refractivity contribution in [1.29, 1.82) is 0 Å². The van der Waals surface area contributed by atoms with Gasteiger partial charge in [-0.15, -0.1) is 0 Å². The molecular weight excluding hydrogens is 278 g/mol. The van der Waals surface area contributed by atoms with Crippen LogP contribution in [0.3, 0.4) is 0 Å². The van der Waals surface area contributed by atoms with Gasteiger partial charge in [0.1, 0.15) is 10.7 Å². The normalized spacial score (nSPS) is 10.2. The summed E-state index contributed by atoms with van der Waals surface area (Å²) in [6, 6.07) is 0. The Hall–Kier alpha value is -1.83. The number of likely N-dealkylation sites (N-methyl/N-ethyl adjacent to an activating group) is 2. The Bertz CT molecular complexity index is 474. The molecule has 0 aliphatic carbocycles. The van der Waals surface area contributed by atoms with E-state index in [0.29, 0.717) is 29.6 Å². The Balaban J connectivity index is 2.82. The minimum atomic E-state index is -0.266. The smallest absolute Gasteiger partial charge is 0.268 e. The van der Waals surface area contributed by atoms with Crippen molar-refractivity contribution in [1.82, 2.24) is 15.2 Å². The van der Waals surface area contributed by atoms with Gasteiger partial charge in [0, 0.05) is 19.6 Å². The maximum atomic E-state index is 12.4. The molecule has 0 aliphatic heterocycles. The van der Waals surface area contributed by atoms with Crippen LogP contribution in [0.5, 0.6) is 0 Å². The summed E-state index contributed by atoms with van der Waals surface area (Å²) in [5, 5.41) is 6.30. The van der Waals surface area contributed by atoms with E-state index in [1.807, 2.05) is 20.8 Å². The van der Waals surface area contributed by atoms with E-state index in [0.717, 1.165) is 0 Å². The molecule has 1 rings (SSSR count). The number of nitrogens with two attached hydrogens (primary N) is 1. The molecule has 0 aromatic carbocycles. The number of nitrogen functional groups attached to an aromatic ring is 1. The van der Waals surface area contributed by atoms with Crippen LogP contribution in [0.1, 0.15) is 30.4 Å². The molecule has 4 N–H and O–H groups in total. The van der Waals surface area contributed by atoms with Gasteiger partial charge in [0.2, 0.25) is 5.91 Å². The number of hydrogen-bond acceptors (Lipinski definition) is 6. The lowest BCUT2D eigenvalue weighted by Gasteiger charge is -2.19. The van der Waals surface area contributed by atoms with Crippen molar-refractivity contribution in [3.8, 4) is 0 Å². The highest BCUT2D eigenvalue weighted by molar-refractivity contribution is 7.18. The topological polar surface area (TPSA) is 100 Å². The summed E-state index contributed by atoms with van der Waals surface area (Å²) in [6.45, 7) is 7.29. The van der Waals surface area contributed by atoms with Gasteiger partial charge in [-0.2, -0.15) is 0 Å². The maximum Gasteiger partial charge on any atom is 0.268 e. The van der Waals surface area contributed by atoms with Crippen molar-refractivity contribution in [3.05, 3.63) is 4.88 Å². The molecule has 7 nitrogen and oxygen atoms in total. The standard InChI is InChI=1S/C12H21N5O2S/c1-4-14-8(18)7-17(6-3)11(19)9-10(13)16-12(20-9)15-5-2/h4-7,13H2,1-3H3,(H,14,18)(H,15,16). The molecule has 0 unspecified atom stereocenters. The molecule has 8 heteroatoms. The average Bonchev–Trinajstić information content (AvgIpc) is 2.77. The second-order valence-corrected chi connectivity index (χ2v) is 5.04. The molecule has 0 saturated carbocycles. The first-order valence-electron chi connectivity index (χ1n) is 6.59. The van der Waals surface area contributed by atoms with E-state index in [4.69, 9.17) is 5.73 Å². The summed E-state index contributed by atoms with van der Waals surface area (Å²) in [7, 11) is 0. The Morgan fingerprint density at radius 2 is 2.00 bits per heavy atom. The highest BCUT2D eigenvalue weighted by atomic mass is 32.1. The molecule has 2 amide bonds. The van der Waals surface area contributed by atoms with Gasteiger partial charge >= 0.3 is 0 Å². The first kappa shape index (κ1) is 16.2. The van der Waals surface area contributed by atoms with Crippen LogP contribution in [0.4, 0.5) is 10.9 Å². The first-order valence-corrected chi connectivity index (χ1v) is 7.41. The quantitative estimate of drug-likeness (QED) is 0.690. The Morgan fingerprint density at radius 1 is 1.30 bits per heavy atom. The summed E-state index contributed by atoms with van der Waals surface area (Å²) >= 11 is 1.21. The number of nitrogens with zero attached hydrogens (tertiary/aromatic N) is 2. The number of rotatable bonds is 7. The number of nitrogens with one attached hydrogen (secondary N) is 2. The van der Waals surface area contributed by atoms with Crippen LogP contribution in [0.15, 0.2) is 0 Å². The van der Waals surface area contributed by atoms with Gasteiger partial charge in [0.15, 0.2) is 5.13 Å². The van der Waals surface area contributed by atoms with Crippen molar-refractivity contribution >= 4 is 34.1 Å². The Labute approximate surface area is 122 Å². The Morgan fingerprint density at radius 3 is 2.55 bits per heavy atom. The minimum absolute atomic E-state index is 0.0249. The van der Waals surface area contributed by atoms with Gasteiger partial charge in [0.05, 0.1) is 6.54 Å². The van der Waals surface area contributed by atoms with Gasteiger partial charge in [-0.1, -0.05) is 11.3 Å². The number of aromatic nitrogens is 1. The Kier molecular flexibility index (Phi) is 6.23. The number of hydrogen-bond donors (Lipinski definition) is 3. The van der Waals surface area contributed by atoms with Crippen molar-refractivity contribution in [2.75, 3.05) is 37.2 Å². The van der Waals surface area contributed by atoms with E-state index in [9.17, 15) is 9.59 Å². The maximum absolute atomic E-state index is 12.4. The lowest BCUT2D eigenvalue weighted by Crippen LogP contribution is -2.40. The molecule has 1 aromatic rings. The van der Waals surface area contributed by atoms with Gasteiger partial charge in [-0.3, -0.25) is 9.59 Å². The number of anilines is 2. The van der Waals surface area contributed by atoms with Crippen molar-refractivity contribution in [3.63, 3.8) is 0 Å². The number of thiazole rings is 1. The molecule has 0 atom stereocenters. The lowest BCUT2D eigenvalue weighted by molar-refractivity contribution is -0.121. The van der Waals surface area contributed by atoms with Crippen LogP contribution < -0.4 is 16.4 Å². The molecular formula is C12H21N5O2S. The fourth-order valence-corrected chi connectivity index (χ4v) is 2.53. The number of amides is 2. The SMILES string of the molecule is CCNC(=O)CN(CC)C(=O)c1sc(NCC)nc1N. The summed E-state index contributed by atoms with van der Waals surface area (Å²) in [6.07, 6.45) is 0. The molecule has 0 bridgehead atoms. The highest BCUT2D eigenvalue weighted by Crippen LogP contribution is 2.26. The molecule has 0 radical (unpaired) electrons. The predicted molar refractivity (Wildman–Crippen MR) is 81.0 cm³/mol. The zero-order valence-corrected chi connectivity index (χ0v) is 12.8. The third-order valence-corrected chi connectivity index (χ3v) is 3.57. The van der Waals surface area contributed by atoms with E-state index in [2.05, 4.69) is 15.6 Å².